The first-order valence-corrected chi connectivity index (χ1v) is 5.64. The van der Waals surface area contributed by atoms with Crippen molar-refractivity contribution in [1.29, 1.82) is 0 Å². The van der Waals surface area contributed by atoms with E-state index in [0.29, 0.717) is 0 Å². The standard InChI is InChI=1S/C11H21N3O4/c1-7(14-8(15)5-12)10(17)13-6-9(16)18-11(2,3)4/h7H,5-6,12H2,1-4H3,(H,13,17)(H,14,15). The number of nitrogens with two attached hydrogens (primary N) is 1. The van der Waals surface area contributed by atoms with Gasteiger partial charge in [0.15, 0.2) is 0 Å². The van der Waals surface area contributed by atoms with E-state index >= 15 is 0 Å². The van der Waals surface area contributed by atoms with Gasteiger partial charge in [0.2, 0.25) is 11.8 Å². The number of hydrogen-bond donors (Lipinski definition) is 3. The largest absolute Gasteiger partial charge is 0.459 e. The van der Waals surface area contributed by atoms with Gasteiger partial charge < -0.3 is 21.1 Å². The second-order valence-corrected chi connectivity index (χ2v) is 4.80. The minimum absolute atomic E-state index is 0.191. The first-order valence-electron chi connectivity index (χ1n) is 5.64. The van der Waals surface area contributed by atoms with Crippen molar-refractivity contribution in [3.05, 3.63) is 0 Å². The fourth-order valence-corrected chi connectivity index (χ4v) is 1.06. The van der Waals surface area contributed by atoms with Crippen molar-refractivity contribution in [2.24, 2.45) is 5.73 Å². The lowest BCUT2D eigenvalue weighted by Crippen LogP contribution is -2.48. The summed E-state index contributed by atoms with van der Waals surface area (Å²) in [4.78, 5) is 33.8. The van der Waals surface area contributed by atoms with Crippen molar-refractivity contribution in [3.8, 4) is 0 Å². The molecule has 2 amide bonds. The molecule has 0 aliphatic heterocycles. The lowest BCUT2D eigenvalue weighted by molar-refractivity contribution is -0.154. The summed E-state index contributed by atoms with van der Waals surface area (Å²) in [5, 5.41) is 4.74. The van der Waals surface area contributed by atoms with E-state index in [1.807, 2.05) is 0 Å². The van der Waals surface area contributed by atoms with Crippen molar-refractivity contribution in [2.45, 2.75) is 39.3 Å². The third kappa shape index (κ3) is 7.61. The van der Waals surface area contributed by atoms with E-state index in [9.17, 15) is 14.4 Å². The average molecular weight is 259 g/mol. The van der Waals surface area contributed by atoms with Gasteiger partial charge in [-0.1, -0.05) is 0 Å². The first kappa shape index (κ1) is 16.4. The zero-order valence-corrected chi connectivity index (χ0v) is 11.2. The van der Waals surface area contributed by atoms with Crippen LogP contribution in [0, 0.1) is 0 Å². The Morgan fingerprint density at radius 3 is 2.28 bits per heavy atom. The van der Waals surface area contributed by atoms with E-state index in [-0.39, 0.29) is 13.1 Å². The van der Waals surface area contributed by atoms with Crippen molar-refractivity contribution in [1.82, 2.24) is 10.6 Å². The van der Waals surface area contributed by atoms with Gasteiger partial charge in [-0.3, -0.25) is 14.4 Å². The summed E-state index contributed by atoms with van der Waals surface area (Å²) < 4.78 is 5.01. The molecule has 0 heterocycles. The fourth-order valence-electron chi connectivity index (χ4n) is 1.06. The summed E-state index contributed by atoms with van der Waals surface area (Å²) in [5.41, 5.74) is 4.50. The predicted octanol–water partition coefficient (Wildman–Crippen LogP) is -1.09. The van der Waals surface area contributed by atoms with Gasteiger partial charge in [0, 0.05) is 0 Å². The predicted molar refractivity (Wildman–Crippen MR) is 65.5 cm³/mol. The van der Waals surface area contributed by atoms with Crippen molar-refractivity contribution in [3.63, 3.8) is 0 Å². The number of carbonyl (C=O) groups is 3. The fraction of sp³-hybridized carbons (Fsp3) is 0.727. The van der Waals surface area contributed by atoms with Crippen molar-refractivity contribution < 1.29 is 19.1 Å². The van der Waals surface area contributed by atoms with Gasteiger partial charge in [0.05, 0.1) is 6.54 Å². The molecule has 0 saturated carbocycles. The van der Waals surface area contributed by atoms with Crippen molar-refractivity contribution in [2.75, 3.05) is 13.1 Å². The van der Waals surface area contributed by atoms with E-state index < -0.39 is 29.4 Å². The summed E-state index contributed by atoms with van der Waals surface area (Å²) in [6.45, 7) is 6.27. The van der Waals surface area contributed by atoms with Crippen LogP contribution in [0.25, 0.3) is 0 Å². The van der Waals surface area contributed by atoms with Crippen LogP contribution in [0.4, 0.5) is 0 Å². The Bertz CT molecular complexity index is 323. The summed E-state index contributed by atoms with van der Waals surface area (Å²) >= 11 is 0. The quantitative estimate of drug-likeness (QED) is 0.543. The monoisotopic (exact) mass is 259 g/mol. The molecule has 7 heteroatoms. The lowest BCUT2D eigenvalue weighted by atomic mass is 10.2. The van der Waals surface area contributed by atoms with Crippen LogP contribution in [0.5, 0.6) is 0 Å². The second kappa shape index (κ2) is 6.95. The summed E-state index contributed by atoms with van der Waals surface area (Å²) in [7, 11) is 0. The number of esters is 1. The van der Waals surface area contributed by atoms with Gasteiger partial charge in [-0.05, 0) is 27.7 Å². The molecule has 1 atom stereocenters. The van der Waals surface area contributed by atoms with Gasteiger partial charge in [-0.2, -0.15) is 0 Å². The molecule has 104 valence electrons. The van der Waals surface area contributed by atoms with E-state index in [0.717, 1.165) is 0 Å². The molecule has 1 unspecified atom stereocenters. The molecule has 0 saturated heterocycles. The molecule has 7 nitrogen and oxygen atoms in total. The normalized spacial score (nSPS) is 12.5. The highest BCUT2D eigenvalue weighted by Gasteiger charge is 2.19. The van der Waals surface area contributed by atoms with Crippen LogP contribution >= 0.6 is 0 Å². The molecule has 0 spiro atoms. The molecule has 18 heavy (non-hydrogen) atoms. The average Bonchev–Trinajstić information content (AvgIpc) is 2.23. The Morgan fingerprint density at radius 2 is 1.83 bits per heavy atom. The van der Waals surface area contributed by atoms with Crippen LogP contribution < -0.4 is 16.4 Å². The first-order chi connectivity index (χ1) is 8.15. The minimum Gasteiger partial charge on any atom is -0.459 e. The lowest BCUT2D eigenvalue weighted by Gasteiger charge is -2.20. The van der Waals surface area contributed by atoms with E-state index in [4.69, 9.17) is 10.5 Å². The highest BCUT2D eigenvalue weighted by Crippen LogP contribution is 2.06. The molecular weight excluding hydrogens is 238 g/mol. The zero-order valence-electron chi connectivity index (χ0n) is 11.2. The molecule has 0 fully saturated rings. The maximum Gasteiger partial charge on any atom is 0.325 e. The van der Waals surface area contributed by atoms with E-state index in [2.05, 4.69) is 10.6 Å². The Morgan fingerprint density at radius 1 is 1.28 bits per heavy atom. The molecule has 0 radical (unpaired) electrons. The van der Waals surface area contributed by atoms with Gasteiger partial charge in [-0.25, -0.2) is 0 Å². The molecule has 0 aromatic heterocycles. The molecule has 0 aromatic carbocycles. The zero-order chi connectivity index (χ0) is 14.3. The number of hydrogen-bond acceptors (Lipinski definition) is 5. The highest BCUT2D eigenvalue weighted by molar-refractivity contribution is 5.89. The van der Waals surface area contributed by atoms with Crippen LogP contribution in [-0.4, -0.2) is 42.5 Å². The van der Waals surface area contributed by atoms with E-state index in [1.165, 1.54) is 6.92 Å². The van der Waals surface area contributed by atoms with E-state index in [1.54, 1.807) is 20.8 Å². The van der Waals surface area contributed by atoms with Gasteiger partial charge in [0.25, 0.3) is 0 Å². The van der Waals surface area contributed by atoms with Crippen LogP contribution in [0.1, 0.15) is 27.7 Å². The molecule has 0 rings (SSSR count). The number of ether oxygens (including phenoxy) is 1. The Kier molecular flexibility index (Phi) is 6.32. The Labute approximate surface area is 106 Å². The number of nitrogens with one attached hydrogen (secondary N) is 2. The van der Waals surface area contributed by atoms with Crippen LogP contribution in [0.2, 0.25) is 0 Å². The summed E-state index contributed by atoms with van der Waals surface area (Å²) in [5.74, 6) is -1.44. The Hall–Kier alpha value is -1.63. The maximum absolute atomic E-state index is 11.5. The SMILES string of the molecule is CC(NC(=O)CN)C(=O)NCC(=O)OC(C)(C)C. The van der Waals surface area contributed by atoms with Crippen LogP contribution in [-0.2, 0) is 19.1 Å². The number of rotatable bonds is 5. The third-order valence-electron chi connectivity index (χ3n) is 1.78. The number of carbonyl (C=O) groups excluding carboxylic acids is 3. The van der Waals surface area contributed by atoms with Crippen molar-refractivity contribution >= 4 is 17.8 Å². The van der Waals surface area contributed by atoms with Gasteiger partial charge in [0.1, 0.15) is 18.2 Å². The number of amides is 2. The molecular formula is C11H21N3O4. The summed E-state index contributed by atoms with van der Waals surface area (Å²) in [6.07, 6.45) is 0. The molecule has 0 aliphatic rings. The maximum atomic E-state index is 11.5. The van der Waals surface area contributed by atoms with Crippen LogP contribution in [0.15, 0.2) is 0 Å². The third-order valence-corrected chi connectivity index (χ3v) is 1.78. The smallest absolute Gasteiger partial charge is 0.325 e. The second-order valence-electron chi connectivity index (χ2n) is 4.80. The molecule has 0 aromatic rings. The van der Waals surface area contributed by atoms with Crippen LogP contribution in [0.3, 0.4) is 0 Å². The topological polar surface area (TPSA) is 111 Å². The Balaban J connectivity index is 4.03. The molecule has 0 aliphatic carbocycles. The van der Waals surface area contributed by atoms with Gasteiger partial charge in [-0.15, -0.1) is 0 Å². The minimum atomic E-state index is -0.747. The molecule has 4 N–H and O–H groups in total. The summed E-state index contributed by atoms with van der Waals surface area (Å²) in [6, 6.07) is -0.747. The molecule has 0 bridgehead atoms. The highest BCUT2D eigenvalue weighted by atomic mass is 16.6. The van der Waals surface area contributed by atoms with Gasteiger partial charge >= 0.3 is 5.97 Å².